The van der Waals surface area contributed by atoms with Gasteiger partial charge in [0, 0.05) is 25.2 Å². The number of rotatable bonds is 3. The predicted octanol–water partition coefficient (Wildman–Crippen LogP) is 3.28. The molecule has 0 bridgehead atoms. The molecule has 1 heterocycles. The lowest BCUT2D eigenvalue weighted by molar-refractivity contribution is 0.0743. The van der Waals surface area contributed by atoms with Crippen LogP contribution in [-0.2, 0) is 0 Å². The molecule has 114 valence electrons. The van der Waals surface area contributed by atoms with Crippen molar-refractivity contribution in [3.05, 3.63) is 0 Å². The molecule has 0 aromatic carbocycles. The van der Waals surface area contributed by atoms with Crippen LogP contribution in [0.25, 0.3) is 0 Å². The zero-order valence-corrected chi connectivity index (χ0v) is 13.8. The highest BCUT2D eigenvalue weighted by Crippen LogP contribution is 2.45. The molecule has 2 fully saturated rings. The first-order chi connectivity index (χ1) is 9.30. The molecular formula is C18H32N2. The third-order valence-electron chi connectivity index (χ3n) is 4.93. The Morgan fingerprint density at radius 3 is 2.10 bits per heavy atom. The summed E-state index contributed by atoms with van der Waals surface area (Å²) in [6, 6.07) is 1.39. The van der Waals surface area contributed by atoms with Crippen molar-refractivity contribution >= 4 is 0 Å². The summed E-state index contributed by atoms with van der Waals surface area (Å²) in [6.07, 6.45) is 11.9. The average molecular weight is 276 g/mol. The van der Waals surface area contributed by atoms with E-state index in [1.165, 1.54) is 32.1 Å². The van der Waals surface area contributed by atoms with Crippen LogP contribution >= 0.6 is 0 Å². The van der Waals surface area contributed by atoms with Crippen LogP contribution < -0.4 is 5.32 Å². The maximum Gasteiger partial charge on any atom is 0.0598 e. The second-order valence-electron chi connectivity index (χ2n) is 8.53. The van der Waals surface area contributed by atoms with Crippen molar-refractivity contribution in [2.24, 2.45) is 10.8 Å². The van der Waals surface area contributed by atoms with Crippen molar-refractivity contribution in [1.29, 1.82) is 0 Å². The number of terminal acetylenes is 1. The minimum Gasteiger partial charge on any atom is -0.311 e. The van der Waals surface area contributed by atoms with E-state index in [0.717, 1.165) is 19.6 Å². The molecule has 1 N–H and O–H groups in total. The van der Waals surface area contributed by atoms with E-state index in [1.807, 2.05) is 0 Å². The van der Waals surface area contributed by atoms with E-state index < -0.39 is 0 Å². The Kier molecular flexibility index (Phi) is 4.82. The third kappa shape index (κ3) is 4.50. The van der Waals surface area contributed by atoms with Gasteiger partial charge in [0.15, 0.2) is 0 Å². The normalized spacial score (nSPS) is 28.1. The van der Waals surface area contributed by atoms with Crippen LogP contribution in [0.5, 0.6) is 0 Å². The van der Waals surface area contributed by atoms with Gasteiger partial charge in [0.05, 0.1) is 6.54 Å². The minimum absolute atomic E-state index is 0.476. The lowest BCUT2D eigenvalue weighted by atomic mass is 9.63. The molecule has 1 aliphatic heterocycles. The highest BCUT2D eigenvalue weighted by atomic mass is 15.1. The van der Waals surface area contributed by atoms with Gasteiger partial charge >= 0.3 is 0 Å². The zero-order chi connectivity index (χ0) is 14.8. The van der Waals surface area contributed by atoms with Crippen LogP contribution in [0.2, 0.25) is 0 Å². The van der Waals surface area contributed by atoms with Crippen LogP contribution in [0.3, 0.4) is 0 Å². The molecule has 1 aliphatic carbocycles. The number of likely N-dealkylation sites (tertiary alicyclic amines) is 1. The van der Waals surface area contributed by atoms with Gasteiger partial charge in [-0.3, -0.25) is 4.90 Å². The maximum atomic E-state index is 5.40. The number of hydrogen-bond donors (Lipinski definition) is 1. The fourth-order valence-electron chi connectivity index (χ4n) is 4.68. The molecule has 0 aromatic rings. The summed E-state index contributed by atoms with van der Waals surface area (Å²) in [5, 5.41) is 3.95. The molecule has 20 heavy (non-hydrogen) atoms. The van der Waals surface area contributed by atoms with Crippen LogP contribution in [0.15, 0.2) is 0 Å². The quantitative estimate of drug-likeness (QED) is 0.796. The Morgan fingerprint density at radius 2 is 1.60 bits per heavy atom. The van der Waals surface area contributed by atoms with Gasteiger partial charge in [-0.1, -0.05) is 33.6 Å². The standard InChI is InChI=1S/C18H32N2/c1-6-9-20-10-7-15(8-11-20)19-16-12-17(2,3)14-18(4,5)13-16/h1,15-16,19H,7-14H2,2-5H3. The first kappa shape index (κ1) is 15.9. The Bertz CT molecular complexity index is 340. The first-order valence-electron chi connectivity index (χ1n) is 8.22. The molecule has 0 amide bonds. The minimum atomic E-state index is 0.476. The van der Waals surface area contributed by atoms with Gasteiger partial charge in [0.2, 0.25) is 0 Å². The molecule has 0 spiro atoms. The van der Waals surface area contributed by atoms with Gasteiger partial charge in [-0.25, -0.2) is 0 Å². The van der Waals surface area contributed by atoms with Crippen LogP contribution in [0, 0.1) is 23.2 Å². The Hall–Kier alpha value is -0.520. The Balaban J connectivity index is 1.83. The summed E-state index contributed by atoms with van der Waals surface area (Å²) < 4.78 is 0. The lowest BCUT2D eigenvalue weighted by Gasteiger charge is -2.46. The highest BCUT2D eigenvalue weighted by molar-refractivity contribution is 4.95. The molecule has 2 rings (SSSR count). The highest BCUT2D eigenvalue weighted by Gasteiger charge is 2.39. The summed E-state index contributed by atoms with van der Waals surface area (Å²) in [5.41, 5.74) is 0.952. The largest absolute Gasteiger partial charge is 0.311 e. The molecule has 2 heteroatoms. The van der Waals surface area contributed by atoms with E-state index in [9.17, 15) is 0 Å². The van der Waals surface area contributed by atoms with E-state index >= 15 is 0 Å². The molecule has 1 saturated carbocycles. The van der Waals surface area contributed by atoms with Crippen molar-refractivity contribution in [3.8, 4) is 12.3 Å². The van der Waals surface area contributed by atoms with Gasteiger partial charge in [0.25, 0.3) is 0 Å². The fourth-order valence-corrected chi connectivity index (χ4v) is 4.68. The van der Waals surface area contributed by atoms with Gasteiger partial charge < -0.3 is 5.32 Å². The summed E-state index contributed by atoms with van der Waals surface area (Å²) in [4.78, 5) is 2.40. The van der Waals surface area contributed by atoms with E-state index in [2.05, 4.69) is 43.8 Å². The molecule has 0 unspecified atom stereocenters. The SMILES string of the molecule is C#CCN1CCC(NC2CC(C)(C)CC(C)(C)C2)CC1. The second kappa shape index (κ2) is 6.08. The van der Waals surface area contributed by atoms with Crippen molar-refractivity contribution in [2.45, 2.75) is 71.9 Å². The van der Waals surface area contributed by atoms with Gasteiger partial charge in [-0.2, -0.15) is 0 Å². The molecule has 2 aliphatic rings. The number of hydrogen-bond acceptors (Lipinski definition) is 2. The Labute approximate surface area is 125 Å². The first-order valence-corrected chi connectivity index (χ1v) is 8.22. The van der Waals surface area contributed by atoms with E-state index in [-0.39, 0.29) is 0 Å². The number of nitrogens with zero attached hydrogens (tertiary/aromatic N) is 1. The predicted molar refractivity (Wildman–Crippen MR) is 86.6 cm³/mol. The van der Waals surface area contributed by atoms with E-state index in [4.69, 9.17) is 6.42 Å². The summed E-state index contributed by atoms with van der Waals surface area (Å²) in [7, 11) is 0. The molecule has 1 saturated heterocycles. The molecule has 0 aromatic heterocycles. The van der Waals surface area contributed by atoms with Gasteiger partial charge in [-0.05, 0) is 42.9 Å². The maximum absolute atomic E-state index is 5.40. The average Bonchev–Trinajstić information content (AvgIpc) is 2.28. The van der Waals surface area contributed by atoms with Crippen molar-refractivity contribution in [1.82, 2.24) is 10.2 Å². The molecular weight excluding hydrogens is 244 g/mol. The Morgan fingerprint density at radius 1 is 1.05 bits per heavy atom. The van der Waals surface area contributed by atoms with Crippen molar-refractivity contribution in [3.63, 3.8) is 0 Å². The fraction of sp³-hybridized carbons (Fsp3) is 0.889. The third-order valence-corrected chi connectivity index (χ3v) is 4.93. The second-order valence-corrected chi connectivity index (χ2v) is 8.53. The summed E-state index contributed by atoms with van der Waals surface area (Å²) in [5.74, 6) is 2.76. The molecule has 2 nitrogen and oxygen atoms in total. The van der Waals surface area contributed by atoms with Gasteiger partial charge in [-0.15, -0.1) is 6.42 Å². The summed E-state index contributed by atoms with van der Waals surface area (Å²) in [6.45, 7) is 12.8. The van der Waals surface area contributed by atoms with E-state index in [1.54, 1.807) is 0 Å². The topological polar surface area (TPSA) is 15.3 Å². The van der Waals surface area contributed by atoms with Crippen LogP contribution in [0.1, 0.15) is 59.8 Å². The summed E-state index contributed by atoms with van der Waals surface area (Å²) >= 11 is 0. The number of nitrogens with one attached hydrogen (secondary N) is 1. The molecule has 0 atom stereocenters. The smallest absolute Gasteiger partial charge is 0.0598 e. The zero-order valence-electron chi connectivity index (χ0n) is 13.8. The van der Waals surface area contributed by atoms with Gasteiger partial charge in [0.1, 0.15) is 0 Å². The lowest BCUT2D eigenvalue weighted by Crippen LogP contribution is -2.50. The van der Waals surface area contributed by atoms with Crippen LogP contribution in [-0.4, -0.2) is 36.6 Å². The molecule has 0 radical (unpaired) electrons. The van der Waals surface area contributed by atoms with Crippen molar-refractivity contribution < 1.29 is 0 Å². The monoisotopic (exact) mass is 276 g/mol. The van der Waals surface area contributed by atoms with Crippen LogP contribution in [0.4, 0.5) is 0 Å². The van der Waals surface area contributed by atoms with Crippen molar-refractivity contribution in [2.75, 3.05) is 19.6 Å². The number of piperidine rings is 1. The van der Waals surface area contributed by atoms with E-state index in [0.29, 0.717) is 22.9 Å².